The van der Waals surface area contributed by atoms with E-state index in [4.69, 9.17) is 5.11 Å². The Balaban J connectivity index is -0.0000000600. The minimum atomic E-state index is -0.125. The zero-order valence-corrected chi connectivity index (χ0v) is 8.94. The third-order valence-corrected chi connectivity index (χ3v) is 0.412. The molecule has 0 atom stereocenters. The van der Waals surface area contributed by atoms with Crippen molar-refractivity contribution in [1.82, 2.24) is 0 Å². The maximum Gasteiger partial charge on any atom is 0.155 e. The number of ketones is 1. The molecule has 0 aromatic rings. The molecule has 0 heterocycles. The van der Waals surface area contributed by atoms with Gasteiger partial charge in [-0.05, 0) is 13.8 Å². The van der Waals surface area contributed by atoms with Crippen LogP contribution in [0.4, 0.5) is 0 Å². The number of hydrogen-bond acceptors (Lipinski definition) is 2. The van der Waals surface area contributed by atoms with Crippen molar-refractivity contribution in [3.8, 4) is 0 Å². The molecule has 0 spiro atoms. The molecule has 60 valence electrons. The monoisotopic (exact) mass is 220 g/mol. The van der Waals surface area contributed by atoms with E-state index in [1.807, 2.05) is 0 Å². The molecular formula is C5H10Cl2O2Ti. The molecule has 0 radical (unpaired) electrons. The van der Waals surface area contributed by atoms with Gasteiger partial charge in [0.05, 0.1) is 5.76 Å². The minimum absolute atomic E-state index is 0. The molecule has 0 rings (SSSR count). The van der Waals surface area contributed by atoms with Crippen LogP contribution < -0.4 is 0 Å². The van der Waals surface area contributed by atoms with Crippen molar-refractivity contribution in [3.63, 3.8) is 0 Å². The normalized spacial score (nSPS) is 8.00. The van der Waals surface area contributed by atoms with E-state index < -0.39 is 0 Å². The maximum absolute atomic E-state index is 10.0. The molecule has 0 bridgehead atoms. The van der Waals surface area contributed by atoms with Gasteiger partial charge in [-0.25, -0.2) is 0 Å². The van der Waals surface area contributed by atoms with E-state index in [1.165, 1.54) is 19.9 Å². The fourth-order valence-electron chi connectivity index (χ4n) is 0.294. The topological polar surface area (TPSA) is 37.3 Å². The summed E-state index contributed by atoms with van der Waals surface area (Å²) < 4.78 is 0. The van der Waals surface area contributed by atoms with E-state index in [0.717, 1.165) is 0 Å². The molecule has 0 fully saturated rings. The van der Waals surface area contributed by atoms with E-state index in [0.29, 0.717) is 0 Å². The Bertz CT molecular complexity index is 110. The minimum Gasteiger partial charge on any atom is -0.512 e. The Morgan fingerprint density at radius 3 is 1.60 bits per heavy atom. The van der Waals surface area contributed by atoms with Crippen LogP contribution in [0.25, 0.3) is 0 Å². The van der Waals surface area contributed by atoms with Crippen LogP contribution in [-0.4, -0.2) is 10.9 Å². The SMILES string of the molecule is CC(=O)/C=C(/C)O.Cl.Cl.[Ti]. The molecule has 0 aliphatic carbocycles. The molecule has 0 unspecified atom stereocenters. The Morgan fingerprint density at radius 2 is 1.60 bits per heavy atom. The third kappa shape index (κ3) is 23.6. The quantitative estimate of drug-likeness (QED) is 0.417. The fourth-order valence-corrected chi connectivity index (χ4v) is 0.294. The van der Waals surface area contributed by atoms with E-state index in [-0.39, 0.29) is 58.1 Å². The van der Waals surface area contributed by atoms with Gasteiger partial charge in [-0.1, -0.05) is 0 Å². The second-order valence-corrected chi connectivity index (χ2v) is 1.40. The van der Waals surface area contributed by atoms with Crippen LogP contribution in [0.1, 0.15) is 13.8 Å². The molecular weight excluding hydrogens is 211 g/mol. The average Bonchev–Trinajstić information content (AvgIpc) is 1.27. The Hall–Kier alpha value is 0.504. The summed E-state index contributed by atoms with van der Waals surface area (Å²) in [6.07, 6.45) is 1.17. The van der Waals surface area contributed by atoms with Crippen molar-refractivity contribution in [1.29, 1.82) is 0 Å². The summed E-state index contributed by atoms with van der Waals surface area (Å²) in [6, 6.07) is 0. The van der Waals surface area contributed by atoms with Crippen molar-refractivity contribution in [3.05, 3.63) is 11.8 Å². The van der Waals surface area contributed by atoms with Gasteiger partial charge in [0, 0.05) is 27.8 Å². The van der Waals surface area contributed by atoms with Crippen LogP contribution in [0.15, 0.2) is 11.8 Å². The summed E-state index contributed by atoms with van der Waals surface area (Å²) in [6.45, 7) is 2.85. The van der Waals surface area contributed by atoms with Crippen LogP contribution in [0, 0.1) is 0 Å². The fraction of sp³-hybridized carbons (Fsp3) is 0.400. The van der Waals surface area contributed by atoms with Gasteiger partial charge >= 0.3 is 0 Å². The smallest absolute Gasteiger partial charge is 0.155 e. The molecule has 0 aromatic carbocycles. The standard InChI is InChI=1S/C5H8O2.2ClH.Ti/c1-4(6)3-5(2)7;;;/h3,6H,1-2H3;2*1H;/b4-3-;;;. The molecule has 1 N–H and O–H groups in total. The predicted molar refractivity (Wildman–Crippen MR) is 41.6 cm³/mol. The van der Waals surface area contributed by atoms with Gasteiger partial charge in [0.25, 0.3) is 0 Å². The number of aliphatic hydroxyl groups is 1. The van der Waals surface area contributed by atoms with Gasteiger partial charge in [-0.2, -0.15) is 0 Å². The zero-order chi connectivity index (χ0) is 5.86. The Labute approximate surface area is 87.8 Å². The van der Waals surface area contributed by atoms with E-state index >= 15 is 0 Å². The van der Waals surface area contributed by atoms with Crippen LogP contribution in [0.3, 0.4) is 0 Å². The number of carbonyl (C=O) groups excluding carboxylic acids is 1. The molecule has 0 aromatic heterocycles. The van der Waals surface area contributed by atoms with Crippen LogP contribution >= 0.6 is 24.8 Å². The van der Waals surface area contributed by atoms with Crippen LogP contribution in [0.5, 0.6) is 0 Å². The largest absolute Gasteiger partial charge is 0.512 e. The van der Waals surface area contributed by atoms with Gasteiger partial charge in [-0.3, -0.25) is 4.79 Å². The Kier molecular flexibility index (Phi) is 27.4. The summed E-state index contributed by atoms with van der Waals surface area (Å²) in [5.74, 6) is -0.0625. The first-order chi connectivity index (χ1) is 3.13. The second kappa shape index (κ2) is 12.2. The maximum atomic E-state index is 10.0. The molecule has 0 aliphatic heterocycles. The molecule has 0 aliphatic rings. The van der Waals surface area contributed by atoms with Crippen molar-refractivity contribution in [2.75, 3.05) is 0 Å². The van der Waals surface area contributed by atoms with E-state index in [1.54, 1.807) is 0 Å². The van der Waals surface area contributed by atoms with Gasteiger partial charge in [-0.15, -0.1) is 24.8 Å². The third-order valence-electron chi connectivity index (χ3n) is 0.412. The number of allylic oxidation sites excluding steroid dienone is 2. The van der Waals surface area contributed by atoms with Crippen LogP contribution in [0.2, 0.25) is 0 Å². The van der Waals surface area contributed by atoms with Crippen molar-refractivity contribution < 1.29 is 31.6 Å². The summed E-state index contributed by atoms with van der Waals surface area (Å²) in [7, 11) is 0. The average molecular weight is 221 g/mol. The number of halogens is 2. The number of hydrogen-bond donors (Lipinski definition) is 1. The summed E-state index contributed by atoms with van der Waals surface area (Å²) in [4.78, 5) is 10.0. The van der Waals surface area contributed by atoms with Gasteiger partial charge < -0.3 is 5.11 Å². The van der Waals surface area contributed by atoms with Gasteiger partial charge in [0.2, 0.25) is 0 Å². The van der Waals surface area contributed by atoms with Crippen LogP contribution in [-0.2, 0) is 26.5 Å². The molecule has 10 heavy (non-hydrogen) atoms. The first-order valence-corrected chi connectivity index (χ1v) is 2.01. The first kappa shape index (κ1) is 22.4. The first-order valence-electron chi connectivity index (χ1n) is 2.01. The molecule has 0 amide bonds. The zero-order valence-electron chi connectivity index (χ0n) is 5.75. The van der Waals surface area contributed by atoms with E-state index in [9.17, 15) is 4.79 Å². The molecule has 2 nitrogen and oxygen atoms in total. The van der Waals surface area contributed by atoms with Crippen molar-refractivity contribution in [2.45, 2.75) is 13.8 Å². The number of rotatable bonds is 1. The van der Waals surface area contributed by atoms with Gasteiger partial charge in [0.1, 0.15) is 0 Å². The summed E-state index contributed by atoms with van der Waals surface area (Å²) in [5, 5.41) is 8.36. The van der Waals surface area contributed by atoms with Crippen molar-refractivity contribution >= 4 is 30.6 Å². The molecule has 0 saturated heterocycles. The van der Waals surface area contributed by atoms with E-state index in [2.05, 4.69) is 0 Å². The molecule has 0 saturated carbocycles. The van der Waals surface area contributed by atoms with Gasteiger partial charge in [0.15, 0.2) is 5.78 Å². The molecule has 5 heteroatoms. The summed E-state index contributed by atoms with van der Waals surface area (Å²) in [5.41, 5.74) is 0. The predicted octanol–water partition coefficient (Wildman–Crippen LogP) is 1.88. The number of aliphatic hydroxyl groups excluding tert-OH is 1. The Morgan fingerprint density at radius 1 is 1.30 bits per heavy atom. The number of carbonyl (C=O) groups is 1. The summed E-state index contributed by atoms with van der Waals surface area (Å²) >= 11 is 0. The van der Waals surface area contributed by atoms with Crippen molar-refractivity contribution in [2.24, 2.45) is 0 Å². The second-order valence-electron chi connectivity index (χ2n) is 1.40.